The normalized spacial score (nSPS) is 18.7. The topological polar surface area (TPSA) is 71.1 Å². The highest BCUT2D eigenvalue weighted by Crippen LogP contribution is 2.31. The van der Waals surface area contributed by atoms with Crippen LogP contribution < -0.4 is 14.8 Å². The van der Waals surface area contributed by atoms with Crippen molar-refractivity contribution < 1.29 is 27.8 Å². The van der Waals surface area contributed by atoms with Gasteiger partial charge in [-0.05, 0) is 24.3 Å². The Kier molecular flexibility index (Phi) is 5.80. The summed E-state index contributed by atoms with van der Waals surface area (Å²) >= 11 is 0. The van der Waals surface area contributed by atoms with Crippen molar-refractivity contribution in [2.24, 2.45) is 0 Å². The molecule has 2 heterocycles. The van der Waals surface area contributed by atoms with Crippen LogP contribution in [0.4, 0.5) is 14.5 Å². The number of para-hydroxylation sites is 2. The fraction of sp³-hybridized carbons (Fsp3) is 0.333. The van der Waals surface area contributed by atoms with Gasteiger partial charge in [0.2, 0.25) is 12.0 Å². The number of amides is 2. The highest BCUT2D eigenvalue weighted by Gasteiger charge is 2.32. The van der Waals surface area contributed by atoms with Crippen LogP contribution in [0.1, 0.15) is 0 Å². The van der Waals surface area contributed by atoms with Gasteiger partial charge < -0.3 is 19.7 Å². The molecule has 1 atom stereocenters. The molecule has 0 radical (unpaired) electrons. The van der Waals surface area contributed by atoms with Gasteiger partial charge in [-0.1, -0.05) is 12.1 Å². The van der Waals surface area contributed by atoms with Crippen molar-refractivity contribution in [3.05, 3.63) is 54.1 Å². The lowest BCUT2D eigenvalue weighted by atomic mass is 10.2. The lowest BCUT2D eigenvalue weighted by Crippen LogP contribution is -2.54. The minimum absolute atomic E-state index is 0.0947. The highest BCUT2D eigenvalue weighted by molar-refractivity contribution is 5.92. The van der Waals surface area contributed by atoms with Crippen LogP contribution in [0.2, 0.25) is 0 Å². The van der Waals surface area contributed by atoms with E-state index in [-0.39, 0.29) is 30.7 Å². The molecule has 0 aromatic heterocycles. The summed E-state index contributed by atoms with van der Waals surface area (Å²) in [6.07, 6.45) is -0.692. The maximum atomic E-state index is 13.2. The molecular weight excluding hydrogens is 396 g/mol. The van der Waals surface area contributed by atoms with Crippen LogP contribution in [-0.2, 0) is 9.59 Å². The molecule has 158 valence electrons. The summed E-state index contributed by atoms with van der Waals surface area (Å²) in [6.45, 7) is 2.20. The summed E-state index contributed by atoms with van der Waals surface area (Å²) in [6, 6.07) is 10.4. The molecule has 4 rings (SSSR count). The van der Waals surface area contributed by atoms with Gasteiger partial charge in [0.15, 0.2) is 23.1 Å². The van der Waals surface area contributed by atoms with Crippen molar-refractivity contribution in [1.82, 2.24) is 9.80 Å². The average Bonchev–Trinajstić information content (AvgIpc) is 2.76. The second-order valence-electron chi connectivity index (χ2n) is 7.14. The Morgan fingerprint density at radius 2 is 1.73 bits per heavy atom. The largest absolute Gasteiger partial charge is 0.485 e. The molecule has 2 aliphatic rings. The first kappa shape index (κ1) is 20.1. The van der Waals surface area contributed by atoms with E-state index in [1.54, 1.807) is 17.0 Å². The van der Waals surface area contributed by atoms with Crippen LogP contribution in [0.5, 0.6) is 11.5 Å². The average molecular weight is 417 g/mol. The summed E-state index contributed by atoms with van der Waals surface area (Å²) in [7, 11) is 0. The molecule has 9 heteroatoms. The monoisotopic (exact) mass is 417 g/mol. The summed E-state index contributed by atoms with van der Waals surface area (Å²) in [5.41, 5.74) is 0.197. The number of fused-ring (bicyclic) bond motifs is 1. The van der Waals surface area contributed by atoms with Crippen molar-refractivity contribution in [3.63, 3.8) is 0 Å². The van der Waals surface area contributed by atoms with Crippen LogP contribution in [0, 0.1) is 11.6 Å². The molecule has 1 saturated heterocycles. The Hall–Kier alpha value is -3.20. The molecule has 1 N–H and O–H groups in total. The number of ether oxygens (including phenoxy) is 2. The molecule has 2 aromatic rings. The quantitative estimate of drug-likeness (QED) is 0.823. The molecular formula is C21H21F2N3O4. The van der Waals surface area contributed by atoms with Crippen LogP contribution in [0.3, 0.4) is 0 Å². The number of carbonyl (C=O) groups excluding carboxylic acids is 2. The first-order valence-electron chi connectivity index (χ1n) is 9.64. The van der Waals surface area contributed by atoms with Crippen molar-refractivity contribution in [1.29, 1.82) is 0 Å². The third-order valence-electron chi connectivity index (χ3n) is 5.04. The van der Waals surface area contributed by atoms with Crippen molar-refractivity contribution in [3.8, 4) is 11.5 Å². The van der Waals surface area contributed by atoms with Crippen molar-refractivity contribution in [2.45, 2.75) is 6.10 Å². The number of hydrogen-bond donors (Lipinski definition) is 1. The summed E-state index contributed by atoms with van der Waals surface area (Å²) in [4.78, 5) is 28.5. The van der Waals surface area contributed by atoms with E-state index in [1.165, 1.54) is 6.07 Å². The lowest BCUT2D eigenvalue weighted by molar-refractivity contribution is -0.143. The summed E-state index contributed by atoms with van der Waals surface area (Å²) < 4.78 is 37.6. The third kappa shape index (κ3) is 4.51. The van der Waals surface area contributed by atoms with E-state index >= 15 is 0 Å². The molecule has 2 aliphatic heterocycles. The number of nitrogens with one attached hydrogen (secondary N) is 1. The van der Waals surface area contributed by atoms with Crippen molar-refractivity contribution in [2.75, 3.05) is 44.6 Å². The molecule has 0 saturated carbocycles. The molecule has 1 unspecified atom stereocenters. The first-order valence-corrected chi connectivity index (χ1v) is 9.64. The van der Waals surface area contributed by atoms with E-state index in [0.717, 1.165) is 12.1 Å². The maximum Gasteiger partial charge on any atom is 0.267 e. The van der Waals surface area contributed by atoms with E-state index in [1.807, 2.05) is 17.0 Å². The van der Waals surface area contributed by atoms with Gasteiger partial charge in [-0.3, -0.25) is 14.5 Å². The molecule has 1 fully saturated rings. The minimum Gasteiger partial charge on any atom is -0.485 e. The smallest absolute Gasteiger partial charge is 0.267 e. The van der Waals surface area contributed by atoms with Gasteiger partial charge in [-0.15, -0.1) is 0 Å². The van der Waals surface area contributed by atoms with Gasteiger partial charge >= 0.3 is 0 Å². The van der Waals surface area contributed by atoms with Gasteiger partial charge in [0.05, 0.1) is 6.54 Å². The van der Waals surface area contributed by atoms with Gasteiger partial charge in [0.25, 0.3) is 5.91 Å². The Morgan fingerprint density at radius 1 is 1.00 bits per heavy atom. The Morgan fingerprint density at radius 3 is 2.47 bits per heavy atom. The number of rotatable bonds is 4. The molecule has 2 amide bonds. The predicted octanol–water partition coefficient (Wildman–Crippen LogP) is 1.89. The van der Waals surface area contributed by atoms with Crippen LogP contribution in [0.15, 0.2) is 42.5 Å². The predicted molar refractivity (Wildman–Crippen MR) is 104 cm³/mol. The Bertz CT molecular complexity index is 948. The first-order chi connectivity index (χ1) is 14.5. The van der Waals surface area contributed by atoms with Gasteiger partial charge in [0.1, 0.15) is 6.61 Å². The van der Waals surface area contributed by atoms with E-state index < -0.39 is 17.7 Å². The molecule has 0 spiro atoms. The third-order valence-corrected chi connectivity index (χ3v) is 5.04. The second-order valence-corrected chi connectivity index (χ2v) is 7.14. The molecule has 30 heavy (non-hydrogen) atoms. The zero-order valence-electron chi connectivity index (χ0n) is 16.1. The zero-order valence-corrected chi connectivity index (χ0v) is 16.1. The lowest BCUT2D eigenvalue weighted by Gasteiger charge is -2.36. The van der Waals surface area contributed by atoms with Gasteiger partial charge in [-0.25, -0.2) is 8.78 Å². The fourth-order valence-corrected chi connectivity index (χ4v) is 3.45. The van der Waals surface area contributed by atoms with E-state index in [9.17, 15) is 18.4 Å². The van der Waals surface area contributed by atoms with Crippen molar-refractivity contribution >= 4 is 17.5 Å². The molecule has 7 nitrogen and oxygen atoms in total. The minimum atomic E-state index is -1.02. The van der Waals surface area contributed by atoms with E-state index in [0.29, 0.717) is 37.7 Å². The standard InChI is InChI=1S/C21H21F2N3O4/c22-15-6-5-14(11-16(15)23)24-20(27)12-25-7-9-26(10-8-25)21(28)19-13-29-17-3-1-2-4-18(17)30-19/h1-6,11,19H,7-10,12-13H2,(H,24,27). The number of halogens is 2. The number of carbonyl (C=O) groups is 2. The Labute approximate surface area is 172 Å². The number of anilines is 1. The van der Waals surface area contributed by atoms with E-state index in [2.05, 4.69) is 5.32 Å². The fourth-order valence-electron chi connectivity index (χ4n) is 3.45. The second kappa shape index (κ2) is 8.66. The zero-order chi connectivity index (χ0) is 21.1. The van der Waals surface area contributed by atoms with Crippen LogP contribution in [0.25, 0.3) is 0 Å². The number of nitrogens with zero attached hydrogens (tertiary/aromatic N) is 2. The number of piperazine rings is 1. The number of hydrogen-bond acceptors (Lipinski definition) is 5. The van der Waals surface area contributed by atoms with Gasteiger partial charge in [0, 0.05) is 37.9 Å². The summed E-state index contributed by atoms with van der Waals surface area (Å²) in [5, 5.41) is 2.55. The SMILES string of the molecule is O=C(CN1CCN(C(=O)C2COc3ccccc3O2)CC1)Nc1ccc(F)c(F)c1. The van der Waals surface area contributed by atoms with Gasteiger partial charge in [-0.2, -0.15) is 0 Å². The molecule has 0 aliphatic carbocycles. The highest BCUT2D eigenvalue weighted by atomic mass is 19.2. The summed E-state index contributed by atoms with van der Waals surface area (Å²) in [5.74, 6) is -1.29. The maximum absolute atomic E-state index is 13.2. The molecule has 0 bridgehead atoms. The Balaban J connectivity index is 1.25. The van der Waals surface area contributed by atoms with Crippen LogP contribution >= 0.6 is 0 Å². The number of benzene rings is 2. The van der Waals surface area contributed by atoms with Crippen LogP contribution in [-0.4, -0.2) is 67.0 Å². The van der Waals surface area contributed by atoms with E-state index in [4.69, 9.17) is 9.47 Å². The molecule has 2 aromatic carbocycles.